The van der Waals surface area contributed by atoms with E-state index in [-0.39, 0.29) is 17.7 Å². The Morgan fingerprint density at radius 1 is 1.08 bits per heavy atom. The lowest BCUT2D eigenvalue weighted by Crippen LogP contribution is -2.08. The SMILES string of the molecule is Cc1c([N+](=O)[O-])cc(C(=O)OCc2ccc(F)cc2)cc1[N+](=O)[O-]. The summed E-state index contributed by atoms with van der Waals surface area (Å²) < 4.78 is 17.7. The molecule has 24 heavy (non-hydrogen) atoms. The maximum atomic E-state index is 12.8. The van der Waals surface area contributed by atoms with E-state index in [0.29, 0.717) is 5.56 Å². The summed E-state index contributed by atoms with van der Waals surface area (Å²) in [4.78, 5) is 32.3. The minimum Gasteiger partial charge on any atom is -0.457 e. The van der Waals surface area contributed by atoms with Crippen LogP contribution in [-0.2, 0) is 11.3 Å². The van der Waals surface area contributed by atoms with Crippen LogP contribution in [0.5, 0.6) is 0 Å². The van der Waals surface area contributed by atoms with E-state index < -0.39 is 33.0 Å². The minimum absolute atomic E-state index is 0.153. The molecule has 2 aromatic carbocycles. The van der Waals surface area contributed by atoms with Crippen LogP contribution in [0.3, 0.4) is 0 Å². The fourth-order valence-electron chi connectivity index (χ4n) is 1.99. The first-order chi connectivity index (χ1) is 11.3. The van der Waals surface area contributed by atoms with Gasteiger partial charge in [-0.15, -0.1) is 0 Å². The molecule has 2 aromatic rings. The van der Waals surface area contributed by atoms with Crippen LogP contribution in [-0.4, -0.2) is 15.8 Å². The zero-order valence-corrected chi connectivity index (χ0v) is 12.4. The predicted molar refractivity (Wildman–Crippen MR) is 80.0 cm³/mol. The summed E-state index contributed by atoms with van der Waals surface area (Å²) in [5.41, 5.74) is -1.04. The van der Waals surface area contributed by atoms with Crippen molar-refractivity contribution in [2.24, 2.45) is 0 Å². The van der Waals surface area contributed by atoms with Crippen LogP contribution in [0.25, 0.3) is 0 Å². The van der Waals surface area contributed by atoms with Gasteiger partial charge in [0.25, 0.3) is 11.4 Å². The number of carbonyl (C=O) groups is 1. The Labute approximate surface area is 134 Å². The van der Waals surface area contributed by atoms with Gasteiger partial charge in [-0.2, -0.15) is 0 Å². The Hall–Kier alpha value is -3.36. The number of carbonyl (C=O) groups excluding carboxylic acids is 1. The molecular weight excluding hydrogens is 323 g/mol. The van der Waals surface area contributed by atoms with E-state index in [4.69, 9.17) is 4.74 Å². The molecule has 0 saturated carbocycles. The monoisotopic (exact) mass is 334 g/mol. The zero-order chi connectivity index (χ0) is 17.9. The second-order valence-electron chi connectivity index (χ2n) is 4.86. The predicted octanol–water partition coefficient (Wildman–Crippen LogP) is 3.31. The van der Waals surface area contributed by atoms with Crippen molar-refractivity contribution in [3.05, 3.63) is 79.1 Å². The molecule has 0 bridgehead atoms. The number of hydrogen-bond acceptors (Lipinski definition) is 6. The molecule has 0 spiro atoms. The Balaban J connectivity index is 2.26. The molecule has 2 rings (SSSR count). The summed E-state index contributed by atoms with van der Waals surface area (Å²) in [6.07, 6.45) is 0. The second-order valence-corrected chi connectivity index (χ2v) is 4.86. The average Bonchev–Trinajstić information content (AvgIpc) is 2.53. The third-order valence-electron chi connectivity index (χ3n) is 3.27. The van der Waals surface area contributed by atoms with Crippen molar-refractivity contribution in [2.45, 2.75) is 13.5 Å². The number of nitrogens with zero attached hydrogens (tertiary/aromatic N) is 2. The third kappa shape index (κ3) is 3.69. The van der Waals surface area contributed by atoms with Gasteiger partial charge in [-0.1, -0.05) is 12.1 Å². The Kier molecular flexibility index (Phi) is 4.83. The van der Waals surface area contributed by atoms with E-state index >= 15 is 0 Å². The van der Waals surface area contributed by atoms with Crippen molar-refractivity contribution in [3.63, 3.8) is 0 Å². The van der Waals surface area contributed by atoms with E-state index in [1.165, 1.54) is 31.2 Å². The lowest BCUT2D eigenvalue weighted by molar-refractivity contribution is -0.395. The number of nitro groups is 2. The summed E-state index contributed by atoms with van der Waals surface area (Å²) in [6, 6.07) is 7.03. The highest BCUT2D eigenvalue weighted by molar-refractivity contribution is 5.91. The Morgan fingerprint density at radius 2 is 1.58 bits per heavy atom. The molecule has 9 heteroatoms. The van der Waals surface area contributed by atoms with Crippen molar-refractivity contribution in [1.29, 1.82) is 0 Å². The molecule has 0 heterocycles. The quantitative estimate of drug-likeness (QED) is 0.471. The van der Waals surface area contributed by atoms with Gasteiger partial charge >= 0.3 is 5.97 Å². The van der Waals surface area contributed by atoms with Gasteiger partial charge in [-0.25, -0.2) is 9.18 Å². The molecule has 0 aliphatic rings. The highest BCUT2D eigenvalue weighted by Gasteiger charge is 2.25. The minimum atomic E-state index is -0.953. The van der Waals surface area contributed by atoms with Gasteiger partial charge in [0.15, 0.2) is 0 Å². The summed E-state index contributed by atoms with van der Waals surface area (Å²) in [5.74, 6) is -1.40. The number of benzene rings is 2. The molecule has 0 unspecified atom stereocenters. The van der Waals surface area contributed by atoms with E-state index in [0.717, 1.165) is 12.1 Å². The normalized spacial score (nSPS) is 10.2. The topological polar surface area (TPSA) is 113 Å². The van der Waals surface area contributed by atoms with E-state index in [9.17, 15) is 29.4 Å². The number of nitro benzene ring substituents is 2. The Bertz CT molecular complexity index is 784. The van der Waals surface area contributed by atoms with Gasteiger partial charge in [0, 0.05) is 12.1 Å². The molecule has 8 nitrogen and oxygen atoms in total. The molecular formula is C15H11FN2O6. The first kappa shape index (κ1) is 17.0. The van der Waals surface area contributed by atoms with E-state index in [1.807, 2.05) is 0 Å². The lowest BCUT2D eigenvalue weighted by Gasteiger charge is -2.06. The number of esters is 1. The molecule has 0 aliphatic carbocycles. The van der Waals surface area contributed by atoms with Crippen LogP contribution in [0.4, 0.5) is 15.8 Å². The largest absolute Gasteiger partial charge is 0.457 e. The van der Waals surface area contributed by atoms with Crippen LogP contribution >= 0.6 is 0 Å². The molecule has 124 valence electrons. The summed E-state index contributed by atoms with van der Waals surface area (Å²) in [7, 11) is 0. The first-order valence-electron chi connectivity index (χ1n) is 6.64. The standard InChI is InChI=1S/C15H11FN2O6/c1-9-13(17(20)21)6-11(7-14(9)18(22)23)15(19)24-8-10-2-4-12(16)5-3-10/h2-7H,8H2,1H3. The highest BCUT2D eigenvalue weighted by atomic mass is 19.1. The van der Waals surface area contributed by atoms with E-state index in [1.54, 1.807) is 0 Å². The van der Waals surface area contributed by atoms with Gasteiger partial charge in [-0.05, 0) is 24.6 Å². The summed E-state index contributed by atoms with van der Waals surface area (Å²) in [5, 5.41) is 22.0. The second kappa shape index (κ2) is 6.82. The number of halogens is 1. The highest BCUT2D eigenvalue weighted by Crippen LogP contribution is 2.29. The summed E-state index contributed by atoms with van der Waals surface area (Å²) in [6.45, 7) is 1.03. The van der Waals surface area contributed by atoms with Gasteiger partial charge < -0.3 is 4.74 Å². The van der Waals surface area contributed by atoms with Gasteiger partial charge in [0.1, 0.15) is 18.0 Å². The van der Waals surface area contributed by atoms with Gasteiger partial charge in [0.2, 0.25) is 0 Å². The van der Waals surface area contributed by atoms with Crippen molar-refractivity contribution in [1.82, 2.24) is 0 Å². The smallest absolute Gasteiger partial charge is 0.338 e. The third-order valence-corrected chi connectivity index (χ3v) is 3.27. The fraction of sp³-hybridized carbons (Fsp3) is 0.133. The summed E-state index contributed by atoms with van der Waals surface area (Å²) >= 11 is 0. The molecule has 0 amide bonds. The van der Waals surface area contributed by atoms with Gasteiger partial charge in [-0.3, -0.25) is 20.2 Å². The van der Waals surface area contributed by atoms with Crippen LogP contribution < -0.4 is 0 Å². The van der Waals surface area contributed by atoms with Crippen molar-refractivity contribution in [2.75, 3.05) is 0 Å². The maximum absolute atomic E-state index is 12.8. The number of ether oxygens (including phenoxy) is 1. The van der Waals surface area contributed by atoms with Crippen molar-refractivity contribution >= 4 is 17.3 Å². The average molecular weight is 334 g/mol. The number of hydrogen-bond donors (Lipinski definition) is 0. The van der Waals surface area contributed by atoms with Crippen molar-refractivity contribution < 1.29 is 23.8 Å². The molecule has 0 aliphatic heterocycles. The molecule has 0 aromatic heterocycles. The Morgan fingerprint density at radius 3 is 2.04 bits per heavy atom. The molecule has 0 radical (unpaired) electrons. The molecule has 0 saturated heterocycles. The lowest BCUT2D eigenvalue weighted by atomic mass is 10.1. The zero-order valence-electron chi connectivity index (χ0n) is 12.4. The van der Waals surface area contributed by atoms with Crippen molar-refractivity contribution in [3.8, 4) is 0 Å². The number of rotatable bonds is 5. The fourth-order valence-corrected chi connectivity index (χ4v) is 1.99. The van der Waals surface area contributed by atoms with Crippen LogP contribution in [0.2, 0.25) is 0 Å². The molecule has 0 N–H and O–H groups in total. The molecule has 0 fully saturated rings. The molecule has 0 atom stereocenters. The van der Waals surface area contributed by atoms with Crippen LogP contribution in [0.15, 0.2) is 36.4 Å². The first-order valence-corrected chi connectivity index (χ1v) is 6.64. The maximum Gasteiger partial charge on any atom is 0.338 e. The van der Waals surface area contributed by atoms with Crippen LogP contribution in [0.1, 0.15) is 21.5 Å². The van der Waals surface area contributed by atoms with Crippen LogP contribution in [0, 0.1) is 33.0 Å². The van der Waals surface area contributed by atoms with E-state index in [2.05, 4.69) is 0 Å². The van der Waals surface area contributed by atoms with Gasteiger partial charge in [0.05, 0.1) is 15.4 Å².